The number of carbonyl (C=O) groups excluding carboxylic acids is 2. The standard InChI is InChI=1S/C17H21NO3S/c1-5-22-15-14(12-6-8-13(21-4)9-7-12)16(19)18(17(15)20)10-11(2)3/h6-9,11H,5,10H2,1-4H3. The third kappa shape index (κ3) is 3.19. The van der Waals surface area contributed by atoms with Crippen LogP contribution in [0.1, 0.15) is 26.3 Å². The molecule has 0 bridgehead atoms. The number of nitrogens with zero attached hydrogens (tertiary/aromatic N) is 1. The van der Waals surface area contributed by atoms with Gasteiger partial charge in [0, 0.05) is 6.54 Å². The van der Waals surface area contributed by atoms with Gasteiger partial charge in [0.2, 0.25) is 0 Å². The number of ether oxygens (including phenoxy) is 1. The quantitative estimate of drug-likeness (QED) is 0.756. The molecule has 0 fully saturated rings. The number of hydrogen-bond acceptors (Lipinski definition) is 4. The summed E-state index contributed by atoms with van der Waals surface area (Å²) in [5, 5.41) is 0. The fraction of sp³-hybridized carbons (Fsp3) is 0.412. The van der Waals surface area contributed by atoms with Crippen LogP contribution in [0, 0.1) is 5.92 Å². The molecule has 1 heterocycles. The Hall–Kier alpha value is -1.75. The summed E-state index contributed by atoms with van der Waals surface area (Å²) in [5.74, 6) is 1.36. The van der Waals surface area contributed by atoms with Crippen LogP contribution in [0.5, 0.6) is 5.75 Å². The Balaban J connectivity index is 2.42. The number of carbonyl (C=O) groups is 2. The first-order valence-electron chi connectivity index (χ1n) is 7.37. The number of methoxy groups -OCH3 is 1. The van der Waals surface area contributed by atoms with Gasteiger partial charge in [0.1, 0.15) is 5.75 Å². The summed E-state index contributed by atoms with van der Waals surface area (Å²) in [4.78, 5) is 27.2. The van der Waals surface area contributed by atoms with Crippen molar-refractivity contribution in [1.29, 1.82) is 0 Å². The third-order valence-electron chi connectivity index (χ3n) is 3.34. The second kappa shape index (κ2) is 7.01. The Labute approximate surface area is 135 Å². The van der Waals surface area contributed by atoms with Gasteiger partial charge < -0.3 is 4.74 Å². The summed E-state index contributed by atoms with van der Waals surface area (Å²) in [5.41, 5.74) is 1.28. The van der Waals surface area contributed by atoms with Gasteiger partial charge in [0.25, 0.3) is 11.8 Å². The molecule has 0 saturated carbocycles. The lowest BCUT2D eigenvalue weighted by Crippen LogP contribution is -2.34. The molecule has 118 valence electrons. The highest BCUT2D eigenvalue weighted by Crippen LogP contribution is 2.36. The van der Waals surface area contributed by atoms with E-state index in [1.54, 1.807) is 19.2 Å². The summed E-state index contributed by atoms with van der Waals surface area (Å²) in [7, 11) is 1.60. The Morgan fingerprint density at radius 3 is 2.27 bits per heavy atom. The zero-order chi connectivity index (χ0) is 16.3. The van der Waals surface area contributed by atoms with E-state index in [1.807, 2.05) is 32.9 Å². The fourth-order valence-electron chi connectivity index (χ4n) is 2.38. The van der Waals surface area contributed by atoms with E-state index in [1.165, 1.54) is 16.7 Å². The van der Waals surface area contributed by atoms with Crippen molar-refractivity contribution in [2.45, 2.75) is 20.8 Å². The summed E-state index contributed by atoms with van der Waals surface area (Å²) in [6, 6.07) is 7.27. The van der Waals surface area contributed by atoms with Crippen molar-refractivity contribution < 1.29 is 14.3 Å². The molecule has 0 unspecified atom stereocenters. The molecule has 4 nitrogen and oxygen atoms in total. The molecule has 1 aliphatic heterocycles. The molecule has 1 aliphatic rings. The van der Waals surface area contributed by atoms with Crippen LogP contribution in [0.15, 0.2) is 29.2 Å². The van der Waals surface area contributed by atoms with E-state index >= 15 is 0 Å². The number of hydrogen-bond donors (Lipinski definition) is 0. The van der Waals surface area contributed by atoms with E-state index in [4.69, 9.17) is 4.74 Å². The molecular weight excluding hydrogens is 298 g/mol. The molecule has 22 heavy (non-hydrogen) atoms. The van der Waals surface area contributed by atoms with Crippen molar-refractivity contribution in [2.75, 3.05) is 19.4 Å². The van der Waals surface area contributed by atoms with Gasteiger partial charge in [-0.2, -0.15) is 0 Å². The molecule has 1 aromatic carbocycles. The molecule has 0 N–H and O–H groups in total. The maximum absolute atomic E-state index is 12.7. The molecule has 0 aliphatic carbocycles. The minimum Gasteiger partial charge on any atom is -0.497 e. The predicted octanol–water partition coefficient (Wildman–Crippen LogP) is 3.18. The highest BCUT2D eigenvalue weighted by atomic mass is 32.2. The zero-order valence-corrected chi connectivity index (χ0v) is 14.2. The number of benzene rings is 1. The van der Waals surface area contributed by atoms with Crippen molar-refractivity contribution in [2.24, 2.45) is 5.92 Å². The van der Waals surface area contributed by atoms with Gasteiger partial charge in [-0.25, -0.2) is 0 Å². The molecular formula is C17H21NO3S. The smallest absolute Gasteiger partial charge is 0.267 e. The van der Waals surface area contributed by atoms with Gasteiger partial charge in [0.05, 0.1) is 17.6 Å². The molecule has 2 rings (SSSR count). The molecule has 2 amide bonds. The summed E-state index contributed by atoms with van der Waals surface area (Å²) >= 11 is 1.43. The van der Waals surface area contributed by atoms with Crippen molar-refractivity contribution >= 4 is 29.1 Å². The monoisotopic (exact) mass is 319 g/mol. The highest BCUT2D eigenvalue weighted by Gasteiger charge is 2.38. The Kier molecular flexibility index (Phi) is 5.29. The van der Waals surface area contributed by atoms with Crippen LogP contribution in [0.3, 0.4) is 0 Å². The van der Waals surface area contributed by atoms with Gasteiger partial charge >= 0.3 is 0 Å². The van der Waals surface area contributed by atoms with Crippen LogP contribution < -0.4 is 4.74 Å². The largest absolute Gasteiger partial charge is 0.497 e. The predicted molar refractivity (Wildman–Crippen MR) is 89.6 cm³/mol. The normalized spacial score (nSPS) is 15.2. The molecule has 0 saturated heterocycles. The van der Waals surface area contributed by atoms with Gasteiger partial charge in [-0.3, -0.25) is 14.5 Å². The molecule has 5 heteroatoms. The third-order valence-corrected chi connectivity index (χ3v) is 4.30. The second-order valence-corrected chi connectivity index (χ2v) is 6.75. The summed E-state index contributed by atoms with van der Waals surface area (Å²) in [6.45, 7) is 6.43. The lowest BCUT2D eigenvalue weighted by molar-refractivity contribution is -0.137. The van der Waals surface area contributed by atoms with Crippen molar-refractivity contribution in [3.63, 3.8) is 0 Å². The van der Waals surface area contributed by atoms with Crippen LogP contribution in [-0.4, -0.2) is 36.1 Å². The van der Waals surface area contributed by atoms with E-state index in [0.29, 0.717) is 17.0 Å². The highest BCUT2D eigenvalue weighted by molar-refractivity contribution is 8.04. The van der Waals surface area contributed by atoms with Crippen LogP contribution >= 0.6 is 11.8 Å². The van der Waals surface area contributed by atoms with Crippen molar-refractivity contribution in [3.05, 3.63) is 34.7 Å². The fourth-order valence-corrected chi connectivity index (χ4v) is 3.25. The van der Waals surface area contributed by atoms with Crippen molar-refractivity contribution in [3.8, 4) is 5.75 Å². The Bertz CT molecular complexity index is 605. The maximum atomic E-state index is 12.7. The van der Waals surface area contributed by atoms with E-state index in [2.05, 4.69) is 0 Å². The van der Waals surface area contributed by atoms with Gasteiger partial charge in [0.15, 0.2) is 0 Å². The van der Waals surface area contributed by atoms with Crippen LogP contribution in [-0.2, 0) is 9.59 Å². The first kappa shape index (κ1) is 16.6. The van der Waals surface area contributed by atoms with Gasteiger partial charge in [-0.1, -0.05) is 32.9 Å². The summed E-state index contributed by atoms with van der Waals surface area (Å²) in [6.07, 6.45) is 0. The summed E-state index contributed by atoms with van der Waals surface area (Å²) < 4.78 is 5.14. The molecule has 1 aromatic rings. The number of rotatable bonds is 6. The molecule has 0 radical (unpaired) electrons. The minimum absolute atomic E-state index is 0.170. The average Bonchev–Trinajstić information content (AvgIpc) is 2.72. The maximum Gasteiger partial charge on any atom is 0.267 e. The van der Waals surface area contributed by atoms with E-state index in [9.17, 15) is 9.59 Å². The average molecular weight is 319 g/mol. The first-order chi connectivity index (χ1) is 10.5. The Morgan fingerprint density at radius 1 is 1.14 bits per heavy atom. The number of imide groups is 1. The van der Waals surface area contributed by atoms with E-state index in [-0.39, 0.29) is 17.7 Å². The molecule has 0 aromatic heterocycles. The lowest BCUT2D eigenvalue weighted by Gasteiger charge is -2.17. The second-order valence-electron chi connectivity index (χ2n) is 5.48. The van der Waals surface area contributed by atoms with Crippen molar-refractivity contribution in [1.82, 2.24) is 4.90 Å². The van der Waals surface area contributed by atoms with E-state index < -0.39 is 0 Å². The minimum atomic E-state index is -0.195. The molecule has 0 spiro atoms. The lowest BCUT2D eigenvalue weighted by atomic mass is 10.1. The van der Waals surface area contributed by atoms with Gasteiger partial charge in [-0.15, -0.1) is 11.8 Å². The Morgan fingerprint density at radius 2 is 1.77 bits per heavy atom. The van der Waals surface area contributed by atoms with Gasteiger partial charge in [-0.05, 0) is 29.4 Å². The SMILES string of the molecule is CCSC1=C(c2ccc(OC)cc2)C(=O)N(CC(C)C)C1=O. The number of amides is 2. The first-order valence-corrected chi connectivity index (χ1v) is 8.35. The van der Waals surface area contributed by atoms with Crippen LogP contribution in [0.2, 0.25) is 0 Å². The van der Waals surface area contributed by atoms with Crippen LogP contribution in [0.25, 0.3) is 5.57 Å². The topological polar surface area (TPSA) is 46.6 Å². The zero-order valence-electron chi connectivity index (χ0n) is 13.4. The van der Waals surface area contributed by atoms with E-state index in [0.717, 1.165) is 17.1 Å². The molecule has 0 atom stereocenters. The number of thioether (sulfide) groups is 1. The van der Waals surface area contributed by atoms with Crippen LogP contribution in [0.4, 0.5) is 0 Å².